The highest BCUT2D eigenvalue weighted by molar-refractivity contribution is 7.91. The van der Waals surface area contributed by atoms with E-state index in [1.807, 2.05) is 19.1 Å². The van der Waals surface area contributed by atoms with E-state index in [9.17, 15) is 8.42 Å². The third kappa shape index (κ3) is 7.92. The number of aryl methyl sites for hydroxylation is 1. The lowest BCUT2D eigenvalue weighted by Gasteiger charge is -2.07. The van der Waals surface area contributed by atoms with Crippen molar-refractivity contribution in [1.29, 1.82) is 0 Å². The number of rotatable bonds is 12. The van der Waals surface area contributed by atoms with Gasteiger partial charge in [-0.05, 0) is 70.9 Å². The Balaban J connectivity index is 2.10. The Morgan fingerprint density at radius 2 is 1.41 bits per heavy atom. The van der Waals surface area contributed by atoms with Crippen molar-refractivity contribution >= 4 is 9.84 Å². The lowest BCUT2D eigenvalue weighted by Crippen LogP contribution is -2.21. The van der Waals surface area contributed by atoms with Crippen molar-refractivity contribution in [2.75, 3.05) is 31.9 Å². The standard InChI is InChI=1S/C17H30N2O2S/c1-3-11-18-12-4-5-13-19-14-6-15-22(20,21)17-9-7-16(2)8-10-17/h7-10,18-19H,3-6,11-15H2,1-2H3. The van der Waals surface area contributed by atoms with Gasteiger partial charge in [-0.15, -0.1) is 0 Å². The molecule has 0 aliphatic rings. The summed E-state index contributed by atoms with van der Waals surface area (Å²) in [4.78, 5) is 0.431. The maximum absolute atomic E-state index is 12.1. The predicted octanol–water partition coefficient (Wildman–Crippen LogP) is 2.53. The number of benzene rings is 1. The molecule has 0 aliphatic heterocycles. The molecule has 0 radical (unpaired) electrons. The average Bonchev–Trinajstić information content (AvgIpc) is 2.49. The Morgan fingerprint density at radius 3 is 2.00 bits per heavy atom. The SMILES string of the molecule is CCCNCCCCNCCCS(=O)(=O)c1ccc(C)cc1. The minimum absolute atomic E-state index is 0.209. The molecule has 0 heterocycles. The summed E-state index contributed by atoms with van der Waals surface area (Å²) >= 11 is 0. The van der Waals surface area contributed by atoms with Gasteiger partial charge < -0.3 is 10.6 Å². The molecule has 0 fully saturated rings. The summed E-state index contributed by atoms with van der Waals surface area (Å²) < 4.78 is 24.3. The number of hydrogen-bond acceptors (Lipinski definition) is 4. The quantitative estimate of drug-likeness (QED) is 0.580. The first-order valence-corrected chi connectivity index (χ1v) is 9.92. The maximum Gasteiger partial charge on any atom is 0.178 e. The van der Waals surface area contributed by atoms with Gasteiger partial charge in [0.1, 0.15) is 0 Å². The van der Waals surface area contributed by atoms with Crippen LogP contribution in [0.1, 0.15) is 38.2 Å². The summed E-state index contributed by atoms with van der Waals surface area (Å²) in [7, 11) is -3.13. The van der Waals surface area contributed by atoms with E-state index in [-0.39, 0.29) is 5.75 Å². The van der Waals surface area contributed by atoms with Crippen LogP contribution in [0.2, 0.25) is 0 Å². The van der Waals surface area contributed by atoms with E-state index >= 15 is 0 Å². The summed E-state index contributed by atoms with van der Waals surface area (Å²) in [5.74, 6) is 0.209. The first-order valence-electron chi connectivity index (χ1n) is 8.27. The van der Waals surface area contributed by atoms with Crippen LogP contribution in [0.25, 0.3) is 0 Å². The zero-order valence-corrected chi connectivity index (χ0v) is 14.7. The first-order chi connectivity index (χ1) is 10.6. The Labute approximate surface area is 135 Å². The lowest BCUT2D eigenvalue weighted by molar-refractivity contribution is 0.571. The zero-order chi connectivity index (χ0) is 16.3. The van der Waals surface area contributed by atoms with Gasteiger partial charge in [0.15, 0.2) is 9.84 Å². The molecule has 0 aromatic heterocycles. The van der Waals surface area contributed by atoms with Crippen LogP contribution in [0.5, 0.6) is 0 Å². The number of unbranched alkanes of at least 4 members (excludes halogenated alkanes) is 1. The molecule has 1 aromatic rings. The van der Waals surface area contributed by atoms with Crippen molar-refractivity contribution in [2.45, 2.75) is 44.4 Å². The Morgan fingerprint density at radius 1 is 0.864 bits per heavy atom. The second-order valence-corrected chi connectivity index (χ2v) is 7.80. The summed E-state index contributed by atoms with van der Waals surface area (Å²) in [6, 6.07) is 7.08. The molecule has 0 aliphatic carbocycles. The predicted molar refractivity (Wildman–Crippen MR) is 93.1 cm³/mol. The second kappa shape index (κ2) is 10.8. The molecule has 5 heteroatoms. The molecule has 126 valence electrons. The Hall–Kier alpha value is -0.910. The molecule has 0 atom stereocenters. The highest BCUT2D eigenvalue weighted by Gasteiger charge is 2.13. The molecule has 0 bridgehead atoms. The molecule has 0 saturated carbocycles. The minimum atomic E-state index is -3.13. The molecule has 0 spiro atoms. The highest BCUT2D eigenvalue weighted by atomic mass is 32.2. The summed E-state index contributed by atoms with van der Waals surface area (Å²) in [5, 5.41) is 6.69. The largest absolute Gasteiger partial charge is 0.317 e. The van der Waals surface area contributed by atoms with Crippen LogP contribution in [0.15, 0.2) is 29.2 Å². The summed E-state index contributed by atoms with van der Waals surface area (Å²) in [6.45, 7) is 7.99. The molecule has 0 unspecified atom stereocenters. The van der Waals surface area contributed by atoms with Gasteiger partial charge in [-0.25, -0.2) is 8.42 Å². The van der Waals surface area contributed by atoms with Crippen LogP contribution in [-0.2, 0) is 9.84 Å². The number of hydrogen-bond donors (Lipinski definition) is 2. The van der Waals surface area contributed by atoms with Crippen molar-refractivity contribution in [3.63, 3.8) is 0 Å². The van der Waals surface area contributed by atoms with Crippen molar-refractivity contribution in [2.24, 2.45) is 0 Å². The second-order valence-electron chi connectivity index (χ2n) is 5.69. The van der Waals surface area contributed by atoms with Crippen molar-refractivity contribution in [1.82, 2.24) is 10.6 Å². The molecular weight excluding hydrogens is 296 g/mol. The normalized spacial score (nSPS) is 11.7. The maximum atomic E-state index is 12.1. The van der Waals surface area contributed by atoms with Gasteiger partial charge in [0.25, 0.3) is 0 Å². The van der Waals surface area contributed by atoms with Crippen molar-refractivity contribution in [3.8, 4) is 0 Å². The first kappa shape index (κ1) is 19.1. The van der Waals surface area contributed by atoms with E-state index in [1.54, 1.807) is 12.1 Å². The minimum Gasteiger partial charge on any atom is -0.317 e. The lowest BCUT2D eigenvalue weighted by atomic mass is 10.2. The number of nitrogens with one attached hydrogen (secondary N) is 2. The van der Waals surface area contributed by atoms with E-state index in [0.29, 0.717) is 11.3 Å². The van der Waals surface area contributed by atoms with E-state index in [2.05, 4.69) is 17.6 Å². The van der Waals surface area contributed by atoms with E-state index < -0.39 is 9.84 Å². The topological polar surface area (TPSA) is 58.2 Å². The van der Waals surface area contributed by atoms with Crippen LogP contribution >= 0.6 is 0 Å². The highest BCUT2D eigenvalue weighted by Crippen LogP contribution is 2.12. The smallest absolute Gasteiger partial charge is 0.178 e. The molecule has 1 rings (SSSR count). The van der Waals surface area contributed by atoms with E-state index in [0.717, 1.165) is 44.6 Å². The van der Waals surface area contributed by atoms with Crippen LogP contribution in [0.4, 0.5) is 0 Å². The van der Waals surface area contributed by atoms with Crippen molar-refractivity contribution in [3.05, 3.63) is 29.8 Å². The van der Waals surface area contributed by atoms with Gasteiger partial charge in [-0.1, -0.05) is 24.6 Å². The third-order valence-electron chi connectivity index (χ3n) is 3.53. The molecular formula is C17H30N2O2S. The average molecular weight is 327 g/mol. The van der Waals surface area contributed by atoms with Gasteiger partial charge >= 0.3 is 0 Å². The van der Waals surface area contributed by atoms with Gasteiger partial charge in [0, 0.05) is 0 Å². The van der Waals surface area contributed by atoms with Gasteiger partial charge in [0.2, 0.25) is 0 Å². The molecule has 22 heavy (non-hydrogen) atoms. The monoisotopic (exact) mass is 326 g/mol. The molecule has 1 aromatic carbocycles. The fourth-order valence-corrected chi connectivity index (χ4v) is 3.49. The summed E-state index contributed by atoms with van der Waals surface area (Å²) in [6.07, 6.45) is 4.12. The van der Waals surface area contributed by atoms with Crippen LogP contribution in [0.3, 0.4) is 0 Å². The van der Waals surface area contributed by atoms with Crippen LogP contribution in [-0.4, -0.2) is 40.3 Å². The van der Waals surface area contributed by atoms with Gasteiger partial charge in [-0.2, -0.15) is 0 Å². The van der Waals surface area contributed by atoms with E-state index in [1.165, 1.54) is 6.42 Å². The molecule has 0 amide bonds. The van der Waals surface area contributed by atoms with E-state index in [4.69, 9.17) is 0 Å². The van der Waals surface area contributed by atoms with Gasteiger partial charge in [-0.3, -0.25) is 0 Å². The molecule has 0 saturated heterocycles. The zero-order valence-electron chi connectivity index (χ0n) is 13.9. The van der Waals surface area contributed by atoms with Crippen molar-refractivity contribution < 1.29 is 8.42 Å². The fourth-order valence-electron chi connectivity index (χ4n) is 2.18. The molecule has 2 N–H and O–H groups in total. The van der Waals surface area contributed by atoms with Crippen LogP contribution in [0, 0.1) is 6.92 Å². The van der Waals surface area contributed by atoms with Gasteiger partial charge in [0.05, 0.1) is 10.6 Å². The number of sulfone groups is 1. The Bertz CT molecular complexity index is 498. The summed E-state index contributed by atoms with van der Waals surface area (Å²) in [5.41, 5.74) is 1.08. The van der Waals surface area contributed by atoms with Crippen LogP contribution < -0.4 is 10.6 Å². The third-order valence-corrected chi connectivity index (χ3v) is 5.35. The molecule has 4 nitrogen and oxygen atoms in total. The Kier molecular flexibility index (Phi) is 9.36. The fraction of sp³-hybridized carbons (Fsp3) is 0.647.